The molecule has 28 heteroatoms. The SMILES string of the molecule is CC[C@H](C)[C@@H]1NC(=O)[C@H](CC(C)C)N(C)C(=O)C[C@@H](C(=O)N2CCCCC2)N(C)C(=O)[C@H](C2CCCCC2)N(C)C(=O)C2(CCCC2)NC(=O)C2CCCN2C(=O)[C@H](CCc2ccc(C(F)(F)F)c(Cl)c2)NC(=O)CN(C)C(=O)[C@H](C2CCCCC2)N(C)C(=O)CN(C)C(=O)CN(C)C1=O. The molecule has 6 fully saturated rings. The van der Waals surface area contributed by atoms with Crippen molar-refractivity contribution in [3.8, 4) is 0 Å². The topological polar surface area (TPSA) is 270 Å². The molecule has 1 aromatic rings. The first-order chi connectivity index (χ1) is 47.2. The van der Waals surface area contributed by atoms with Gasteiger partial charge in [-0.15, -0.1) is 0 Å². The van der Waals surface area contributed by atoms with Gasteiger partial charge in [0.15, 0.2) is 0 Å². The highest BCUT2D eigenvalue weighted by Gasteiger charge is 2.52. The Hall–Kier alpha value is -7.06. The number of halogens is 4. The van der Waals surface area contributed by atoms with Crippen molar-refractivity contribution < 1.29 is 70.7 Å². The van der Waals surface area contributed by atoms with Crippen LogP contribution in [0.3, 0.4) is 0 Å². The lowest BCUT2D eigenvalue weighted by molar-refractivity contribution is -0.157. The van der Waals surface area contributed by atoms with Crippen LogP contribution in [-0.4, -0.2) is 251 Å². The van der Waals surface area contributed by atoms with Gasteiger partial charge in [-0.05, 0) is 131 Å². The molecule has 558 valence electrons. The van der Waals surface area contributed by atoms with Gasteiger partial charge in [0, 0.05) is 69.0 Å². The van der Waals surface area contributed by atoms with E-state index in [0.29, 0.717) is 82.9 Å². The molecule has 12 amide bonds. The molecule has 3 saturated carbocycles. The number of aryl methyl sites for hydroxylation is 1. The number of benzene rings is 1. The smallest absolute Gasteiger partial charge is 0.343 e. The Morgan fingerprint density at radius 2 is 1.17 bits per heavy atom. The van der Waals surface area contributed by atoms with Crippen molar-refractivity contribution in [2.24, 2.45) is 23.7 Å². The van der Waals surface area contributed by atoms with Crippen molar-refractivity contribution in [3.63, 3.8) is 0 Å². The normalized spacial score (nSPS) is 26.9. The lowest BCUT2D eigenvalue weighted by atomic mass is 9.81. The molecule has 1 spiro atoms. The molecular weight excluding hydrogens is 1320 g/mol. The van der Waals surface area contributed by atoms with E-state index in [1.54, 1.807) is 11.8 Å². The van der Waals surface area contributed by atoms with E-state index in [0.717, 1.165) is 71.8 Å². The summed E-state index contributed by atoms with van der Waals surface area (Å²) in [6, 6.07) is -5.50. The number of hydrogen-bond donors (Lipinski definition) is 3. The van der Waals surface area contributed by atoms with Crippen LogP contribution in [0.1, 0.15) is 187 Å². The van der Waals surface area contributed by atoms with Crippen LogP contribution in [0.5, 0.6) is 0 Å². The van der Waals surface area contributed by atoms with Gasteiger partial charge in [-0.3, -0.25) is 57.5 Å². The summed E-state index contributed by atoms with van der Waals surface area (Å²) < 4.78 is 41.6. The number of amides is 12. The van der Waals surface area contributed by atoms with E-state index in [2.05, 4.69) is 16.0 Å². The molecule has 8 atom stereocenters. The molecule has 3 N–H and O–H groups in total. The quantitative estimate of drug-likeness (QED) is 0.242. The molecule has 3 saturated heterocycles. The zero-order chi connectivity index (χ0) is 73.7. The van der Waals surface area contributed by atoms with Gasteiger partial charge in [0.1, 0.15) is 47.8 Å². The second kappa shape index (κ2) is 35.7. The van der Waals surface area contributed by atoms with Crippen molar-refractivity contribution in [1.82, 2.24) is 60.0 Å². The summed E-state index contributed by atoms with van der Waals surface area (Å²) in [6.07, 6.45) is 6.09. The standard InChI is InChI=1S/C72H110ClF3N12O12/c1-12-46(4)60-67(97)82(7)43-58(91)80(5)44-59(92)85(10)61(48-25-16-13-17-26-48)68(98)81(6)42-56(89)77-52(33-31-47-30-32-50(51(73)40-47)72(74,75)76)65(95)88-38-24-29-53(88)64(94)79-71(34-20-21-35-71)70(100)86(11)62(49-27-18-14-19-28-49)69(99)84(9)55(66(96)87-36-22-15-23-37-87)41-57(90)83(8)54(39-45(2)3)63(93)78-60/h30,32,40,45-46,48-49,52-55,60-62H,12-29,31,33-39,41-44H2,1-11H3,(H,77,89)(H,78,93)(H,79,94)/t46-,52-,53?,54-,55-,60-,61-,62-/m0/s1. The summed E-state index contributed by atoms with van der Waals surface area (Å²) in [7, 11) is 10.0. The van der Waals surface area contributed by atoms with E-state index in [1.165, 1.54) is 79.9 Å². The molecule has 0 radical (unpaired) electrons. The van der Waals surface area contributed by atoms with Crippen LogP contribution < -0.4 is 16.0 Å². The van der Waals surface area contributed by atoms with E-state index < -0.39 is 173 Å². The lowest BCUT2D eigenvalue weighted by Gasteiger charge is -2.43. The van der Waals surface area contributed by atoms with Crippen LogP contribution in [0, 0.1) is 23.7 Å². The summed E-state index contributed by atoms with van der Waals surface area (Å²) in [6.45, 7) is 6.47. The maximum atomic E-state index is 15.8. The van der Waals surface area contributed by atoms with E-state index >= 15 is 28.8 Å². The number of likely N-dealkylation sites (tertiary alicyclic amines) is 1. The molecule has 6 aliphatic rings. The molecule has 7 rings (SSSR count). The highest BCUT2D eigenvalue weighted by atomic mass is 35.5. The monoisotopic (exact) mass is 1430 g/mol. The number of fused-ring (bicyclic) bond motifs is 1. The zero-order valence-corrected chi connectivity index (χ0v) is 61.5. The van der Waals surface area contributed by atoms with Gasteiger partial charge in [-0.2, -0.15) is 13.2 Å². The fourth-order valence-corrected chi connectivity index (χ4v) is 16.1. The summed E-state index contributed by atoms with van der Waals surface area (Å²) in [5.41, 5.74) is -2.33. The molecule has 1 aromatic carbocycles. The van der Waals surface area contributed by atoms with Crippen LogP contribution in [0.4, 0.5) is 13.2 Å². The first kappa shape index (κ1) is 80.3. The highest BCUT2D eigenvalue weighted by Crippen LogP contribution is 2.39. The molecule has 3 aliphatic heterocycles. The van der Waals surface area contributed by atoms with Crippen molar-refractivity contribution in [2.75, 3.05) is 88.6 Å². The first-order valence-electron chi connectivity index (χ1n) is 36.4. The predicted molar refractivity (Wildman–Crippen MR) is 369 cm³/mol. The van der Waals surface area contributed by atoms with Gasteiger partial charge in [0.2, 0.25) is 70.9 Å². The largest absolute Gasteiger partial charge is 0.417 e. The average Bonchev–Trinajstić information content (AvgIpc) is 1.43. The zero-order valence-electron chi connectivity index (χ0n) is 60.7. The molecule has 0 bridgehead atoms. The van der Waals surface area contributed by atoms with Gasteiger partial charge >= 0.3 is 6.18 Å². The van der Waals surface area contributed by atoms with Gasteiger partial charge in [0.25, 0.3) is 0 Å². The van der Waals surface area contributed by atoms with Crippen molar-refractivity contribution in [3.05, 3.63) is 34.3 Å². The minimum absolute atomic E-state index is 0.0398. The number of nitrogens with zero attached hydrogens (tertiary/aromatic N) is 9. The van der Waals surface area contributed by atoms with Crippen LogP contribution >= 0.6 is 11.6 Å². The maximum absolute atomic E-state index is 15.8. The summed E-state index contributed by atoms with van der Waals surface area (Å²) in [5.74, 6) is -9.04. The van der Waals surface area contributed by atoms with Crippen LogP contribution in [0.25, 0.3) is 0 Å². The summed E-state index contributed by atoms with van der Waals surface area (Å²) in [5, 5.41) is 8.19. The van der Waals surface area contributed by atoms with Gasteiger partial charge in [-0.1, -0.05) is 103 Å². The third-order valence-electron chi connectivity index (χ3n) is 22.1. The Morgan fingerprint density at radius 1 is 0.600 bits per heavy atom. The van der Waals surface area contributed by atoms with Gasteiger partial charge < -0.3 is 60.0 Å². The highest BCUT2D eigenvalue weighted by molar-refractivity contribution is 6.31. The molecule has 0 aromatic heterocycles. The van der Waals surface area contributed by atoms with Crippen molar-refractivity contribution in [1.29, 1.82) is 0 Å². The number of nitrogens with one attached hydrogen (secondary N) is 3. The Labute approximate surface area is 593 Å². The fourth-order valence-electron chi connectivity index (χ4n) is 15.8. The predicted octanol–water partition coefficient (Wildman–Crippen LogP) is 6.03. The Bertz CT molecular complexity index is 3120. The second-order valence-corrected chi connectivity index (χ2v) is 30.2. The van der Waals surface area contributed by atoms with Crippen molar-refractivity contribution >= 4 is 82.5 Å². The molecule has 3 heterocycles. The van der Waals surface area contributed by atoms with E-state index in [9.17, 15) is 41.9 Å². The van der Waals surface area contributed by atoms with E-state index in [1.807, 2.05) is 20.8 Å². The van der Waals surface area contributed by atoms with Crippen LogP contribution in [0.2, 0.25) is 5.02 Å². The third kappa shape index (κ3) is 19.8. The molecular formula is C72H110ClF3N12O12. The van der Waals surface area contributed by atoms with E-state index in [4.69, 9.17) is 11.6 Å². The molecule has 3 aliphatic carbocycles. The minimum atomic E-state index is -4.76. The third-order valence-corrected chi connectivity index (χ3v) is 22.4. The summed E-state index contributed by atoms with van der Waals surface area (Å²) >= 11 is 6.16. The number of alkyl halides is 3. The number of likely N-dealkylation sites (N-methyl/N-ethyl adjacent to an activating group) is 7. The fraction of sp³-hybridized carbons (Fsp3) is 0.750. The Morgan fingerprint density at radius 3 is 1.74 bits per heavy atom. The Kier molecular flexibility index (Phi) is 28.7. The number of carbonyl (C=O) groups excluding carboxylic acids is 12. The average molecular weight is 1430 g/mol. The summed E-state index contributed by atoms with van der Waals surface area (Å²) in [4.78, 5) is 191. The first-order valence-corrected chi connectivity index (χ1v) is 36.7. The number of rotatable bonds is 10. The maximum Gasteiger partial charge on any atom is 0.417 e. The molecule has 100 heavy (non-hydrogen) atoms. The van der Waals surface area contributed by atoms with Gasteiger partial charge in [0.05, 0.1) is 36.6 Å². The molecule has 1 unspecified atom stereocenters. The Balaban J connectivity index is 1.29. The number of piperidine rings is 1. The van der Waals surface area contributed by atoms with Crippen molar-refractivity contribution in [2.45, 2.75) is 236 Å². The second-order valence-electron chi connectivity index (χ2n) is 29.8. The lowest BCUT2D eigenvalue weighted by Crippen LogP contribution is -2.65. The number of carbonyl (C=O) groups is 12. The van der Waals surface area contributed by atoms with Crippen LogP contribution in [0.15, 0.2) is 18.2 Å². The molecule has 24 nitrogen and oxygen atoms in total. The van der Waals surface area contributed by atoms with Gasteiger partial charge in [-0.25, -0.2) is 0 Å². The van der Waals surface area contributed by atoms with Crippen LogP contribution in [-0.2, 0) is 70.1 Å². The minimum Gasteiger partial charge on any atom is -0.343 e. The van der Waals surface area contributed by atoms with E-state index in [-0.39, 0.29) is 56.9 Å². The number of hydrogen-bond acceptors (Lipinski definition) is 12.